The van der Waals surface area contributed by atoms with E-state index in [1.165, 1.54) is 16.8 Å². The Kier molecular flexibility index (Phi) is 4.83. The van der Waals surface area contributed by atoms with Crippen molar-refractivity contribution in [2.75, 3.05) is 16.8 Å². The third-order valence-corrected chi connectivity index (χ3v) is 4.79. The molecule has 0 radical (unpaired) electrons. The fourth-order valence-corrected chi connectivity index (χ4v) is 3.39. The molecule has 0 bridgehead atoms. The lowest BCUT2D eigenvalue weighted by atomic mass is 10.0. The lowest BCUT2D eigenvalue weighted by Crippen LogP contribution is -2.25. The number of aryl methyl sites for hydroxylation is 2. The average molecular weight is 358 g/mol. The molecule has 136 valence electrons. The van der Waals surface area contributed by atoms with E-state index in [1.807, 2.05) is 49.4 Å². The zero-order valence-electron chi connectivity index (χ0n) is 15.4. The van der Waals surface area contributed by atoms with Gasteiger partial charge in [0.2, 0.25) is 5.91 Å². The maximum atomic E-state index is 12.2. The molecule has 1 aliphatic rings. The van der Waals surface area contributed by atoms with Crippen molar-refractivity contribution in [3.63, 3.8) is 0 Å². The molecule has 0 aliphatic carbocycles. The van der Waals surface area contributed by atoms with Gasteiger partial charge in [0.15, 0.2) is 11.6 Å². The summed E-state index contributed by atoms with van der Waals surface area (Å²) in [5.41, 5.74) is 4.68. The SMILES string of the molecule is Cc1ccc(CC(=O)Nc2ccc(N3CCCc4ccccc43)nn2)cc1. The average Bonchev–Trinajstić information content (AvgIpc) is 2.70. The Morgan fingerprint density at radius 1 is 1.04 bits per heavy atom. The monoisotopic (exact) mass is 358 g/mol. The second-order valence-corrected chi connectivity index (χ2v) is 6.87. The Bertz CT molecular complexity index is 935. The van der Waals surface area contributed by atoms with Gasteiger partial charge in [-0.15, -0.1) is 10.2 Å². The van der Waals surface area contributed by atoms with E-state index in [0.717, 1.165) is 30.8 Å². The molecule has 5 heteroatoms. The van der Waals surface area contributed by atoms with Gasteiger partial charge in [0.1, 0.15) is 0 Å². The first kappa shape index (κ1) is 17.2. The van der Waals surface area contributed by atoms with Gasteiger partial charge in [-0.2, -0.15) is 0 Å². The van der Waals surface area contributed by atoms with Crippen molar-refractivity contribution in [2.45, 2.75) is 26.2 Å². The Morgan fingerprint density at radius 2 is 1.85 bits per heavy atom. The largest absolute Gasteiger partial charge is 0.325 e. The number of rotatable bonds is 4. The number of amides is 1. The molecule has 2 heterocycles. The second kappa shape index (κ2) is 7.58. The number of nitrogens with one attached hydrogen (secondary N) is 1. The number of para-hydroxylation sites is 1. The van der Waals surface area contributed by atoms with Crippen molar-refractivity contribution in [1.29, 1.82) is 0 Å². The molecule has 1 aliphatic heterocycles. The summed E-state index contributed by atoms with van der Waals surface area (Å²) in [6.07, 6.45) is 2.50. The van der Waals surface area contributed by atoms with Crippen LogP contribution in [0.5, 0.6) is 0 Å². The quantitative estimate of drug-likeness (QED) is 0.764. The van der Waals surface area contributed by atoms with Crippen molar-refractivity contribution in [3.8, 4) is 0 Å². The van der Waals surface area contributed by atoms with E-state index in [0.29, 0.717) is 12.2 Å². The van der Waals surface area contributed by atoms with Gasteiger partial charge in [-0.1, -0.05) is 48.0 Å². The fraction of sp³-hybridized carbons (Fsp3) is 0.227. The van der Waals surface area contributed by atoms with E-state index in [9.17, 15) is 4.79 Å². The lowest BCUT2D eigenvalue weighted by molar-refractivity contribution is -0.115. The summed E-state index contributed by atoms with van der Waals surface area (Å²) < 4.78 is 0. The number of hydrogen-bond donors (Lipinski definition) is 1. The summed E-state index contributed by atoms with van der Waals surface area (Å²) in [4.78, 5) is 14.4. The van der Waals surface area contributed by atoms with Gasteiger partial charge in [0.25, 0.3) is 0 Å². The van der Waals surface area contributed by atoms with E-state index in [4.69, 9.17) is 0 Å². The molecule has 0 saturated heterocycles. The summed E-state index contributed by atoms with van der Waals surface area (Å²) in [6.45, 7) is 2.95. The maximum absolute atomic E-state index is 12.2. The van der Waals surface area contributed by atoms with E-state index in [2.05, 4.69) is 38.6 Å². The van der Waals surface area contributed by atoms with Crippen LogP contribution in [0, 0.1) is 6.92 Å². The van der Waals surface area contributed by atoms with Crippen molar-refractivity contribution in [2.24, 2.45) is 0 Å². The molecular formula is C22H22N4O. The van der Waals surface area contributed by atoms with Gasteiger partial charge in [-0.25, -0.2) is 0 Å². The number of anilines is 3. The summed E-state index contributed by atoms with van der Waals surface area (Å²) in [5.74, 6) is 1.18. The summed E-state index contributed by atoms with van der Waals surface area (Å²) in [5, 5.41) is 11.4. The molecule has 0 saturated carbocycles. The molecular weight excluding hydrogens is 336 g/mol. The Hall–Kier alpha value is -3.21. The summed E-state index contributed by atoms with van der Waals surface area (Å²) >= 11 is 0. The van der Waals surface area contributed by atoms with Gasteiger partial charge in [0, 0.05) is 12.2 Å². The molecule has 27 heavy (non-hydrogen) atoms. The van der Waals surface area contributed by atoms with Crippen LogP contribution in [0.3, 0.4) is 0 Å². The van der Waals surface area contributed by atoms with Crippen molar-refractivity contribution in [3.05, 3.63) is 77.4 Å². The molecule has 3 aromatic rings. The zero-order valence-corrected chi connectivity index (χ0v) is 15.4. The maximum Gasteiger partial charge on any atom is 0.229 e. The molecule has 0 spiro atoms. The highest BCUT2D eigenvalue weighted by Gasteiger charge is 2.19. The summed E-state index contributed by atoms with van der Waals surface area (Å²) in [7, 11) is 0. The minimum absolute atomic E-state index is 0.0933. The third kappa shape index (κ3) is 3.97. The van der Waals surface area contributed by atoms with Crippen LogP contribution in [0.25, 0.3) is 0 Å². The Labute approximate surface area is 159 Å². The van der Waals surface area contributed by atoms with Crippen LogP contribution < -0.4 is 10.2 Å². The summed E-state index contributed by atoms with van der Waals surface area (Å²) in [6, 6.07) is 20.1. The van der Waals surface area contributed by atoms with Crippen molar-refractivity contribution >= 4 is 23.2 Å². The standard InChI is InChI=1S/C22H22N4O/c1-16-8-10-17(11-9-16)15-22(27)23-20-12-13-21(25-24-20)26-14-4-6-18-5-2-3-7-19(18)26/h2-3,5,7-13H,4,6,14-15H2,1H3,(H,23,24,27). The number of hydrogen-bond acceptors (Lipinski definition) is 4. The predicted molar refractivity (Wildman–Crippen MR) is 107 cm³/mol. The van der Waals surface area contributed by atoms with E-state index < -0.39 is 0 Å². The molecule has 0 atom stereocenters. The Balaban J connectivity index is 1.44. The fourth-order valence-electron chi connectivity index (χ4n) is 3.39. The number of fused-ring (bicyclic) bond motifs is 1. The van der Waals surface area contributed by atoms with Crippen LogP contribution in [-0.4, -0.2) is 22.6 Å². The Morgan fingerprint density at radius 3 is 2.63 bits per heavy atom. The zero-order chi connectivity index (χ0) is 18.6. The van der Waals surface area contributed by atoms with Gasteiger partial charge < -0.3 is 10.2 Å². The highest BCUT2D eigenvalue weighted by molar-refractivity contribution is 5.91. The highest BCUT2D eigenvalue weighted by Crippen LogP contribution is 2.31. The topological polar surface area (TPSA) is 58.1 Å². The molecule has 4 rings (SSSR count). The first-order valence-electron chi connectivity index (χ1n) is 9.23. The van der Waals surface area contributed by atoms with E-state index >= 15 is 0 Å². The van der Waals surface area contributed by atoms with Crippen LogP contribution in [0.2, 0.25) is 0 Å². The van der Waals surface area contributed by atoms with E-state index in [-0.39, 0.29) is 5.91 Å². The van der Waals surface area contributed by atoms with Crippen LogP contribution in [0.15, 0.2) is 60.7 Å². The molecule has 0 unspecified atom stereocenters. The number of carbonyl (C=O) groups is 1. The number of carbonyl (C=O) groups excluding carboxylic acids is 1. The number of aromatic nitrogens is 2. The highest BCUT2D eigenvalue weighted by atomic mass is 16.1. The van der Waals surface area contributed by atoms with Gasteiger partial charge >= 0.3 is 0 Å². The van der Waals surface area contributed by atoms with Crippen LogP contribution >= 0.6 is 0 Å². The van der Waals surface area contributed by atoms with Crippen molar-refractivity contribution in [1.82, 2.24) is 10.2 Å². The molecule has 5 nitrogen and oxygen atoms in total. The van der Waals surface area contributed by atoms with Gasteiger partial charge in [-0.3, -0.25) is 4.79 Å². The number of benzene rings is 2. The van der Waals surface area contributed by atoms with Crippen LogP contribution in [0.1, 0.15) is 23.1 Å². The van der Waals surface area contributed by atoms with Gasteiger partial charge in [-0.05, 0) is 49.1 Å². The van der Waals surface area contributed by atoms with Crippen LogP contribution in [0.4, 0.5) is 17.3 Å². The molecule has 1 amide bonds. The molecule has 1 N–H and O–H groups in total. The third-order valence-electron chi connectivity index (χ3n) is 4.79. The minimum Gasteiger partial charge on any atom is -0.325 e. The van der Waals surface area contributed by atoms with E-state index in [1.54, 1.807) is 0 Å². The van der Waals surface area contributed by atoms with Crippen molar-refractivity contribution < 1.29 is 4.79 Å². The van der Waals surface area contributed by atoms with Gasteiger partial charge in [0.05, 0.1) is 6.42 Å². The first-order valence-corrected chi connectivity index (χ1v) is 9.23. The minimum atomic E-state index is -0.0933. The first-order chi connectivity index (χ1) is 13.2. The van der Waals surface area contributed by atoms with Crippen LogP contribution in [-0.2, 0) is 17.6 Å². The lowest BCUT2D eigenvalue weighted by Gasteiger charge is -2.29. The second-order valence-electron chi connectivity index (χ2n) is 6.87. The number of nitrogens with zero attached hydrogens (tertiary/aromatic N) is 3. The normalized spacial score (nSPS) is 13.1. The smallest absolute Gasteiger partial charge is 0.229 e. The molecule has 0 fully saturated rings. The molecule has 1 aromatic heterocycles. The predicted octanol–water partition coefficient (Wildman–Crippen LogP) is 4.05. The molecule has 2 aromatic carbocycles.